The second kappa shape index (κ2) is 10.3. The van der Waals surface area contributed by atoms with E-state index in [0.29, 0.717) is 10.8 Å². The minimum Gasteiger partial charge on any atom is -0.497 e. The Balaban J connectivity index is 1.99. The maximum absolute atomic E-state index is 12.5. The smallest absolute Gasteiger partial charge is 0.408 e. The van der Waals surface area contributed by atoms with Crippen molar-refractivity contribution >= 4 is 35.6 Å². The van der Waals surface area contributed by atoms with E-state index in [1.165, 1.54) is 11.8 Å². The number of hydrogen-bond acceptors (Lipinski definition) is 8. The Bertz CT molecular complexity index is 773. The van der Waals surface area contributed by atoms with Crippen molar-refractivity contribution in [2.75, 3.05) is 12.9 Å². The van der Waals surface area contributed by atoms with Crippen LogP contribution >= 0.6 is 11.8 Å². The molecule has 1 heterocycles. The van der Waals surface area contributed by atoms with Crippen molar-refractivity contribution in [2.45, 2.75) is 51.0 Å². The Hall–Kier alpha value is -2.75. The first-order valence-electron chi connectivity index (χ1n) is 9.37. The number of methoxy groups -OCH3 is 1. The average Bonchev–Trinajstić information content (AvgIpc) is 2.98. The molecule has 0 aliphatic carbocycles. The molecular formula is C20H26N2O7S. The second-order valence-corrected chi connectivity index (χ2v) is 8.58. The lowest BCUT2D eigenvalue weighted by atomic mass is 10.2. The summed E-state index contributed by atoms with van der Waals surface area (Å²) in [5.41, 5.74) is 0.241. The zero-order valence-corrected chi connectivity index (χ0v) is 18.2. The fourth-order valence-corrected chi connectivity index (χ4v) is 3.45. The summed E-state index contributed by atoms with van der Waals surface area (Å²) >= 11 is 1.38. The normalized spacial score (nSPS) is 15.0. The van der Waals surface area contributed by atoms with Gasteiger partial charge in [-0.3, -0.25) is 9.59 Å². The molecule has 10 heteroatoms. The molecule has 2 rings (SSSR count). The number of benzene rings is 1. The van der Waals surface area contributed by atoms with Gasteiger partial charge >= 0.3 is 12.1 Å². The molecule has 30 heavy (non-hydrogen) atoms. The molecule has 0 saturated carbocycles. The van der Waals surface area contributed by atoms with Gasteiger partial charge in [-0.25, -0.2) is 9.59 Å². The van der Waals surface area contributed by atoms with Gasteiger partial charge in [-0.1, -0.05) is 12.1 Å². The van der Waals surface area contributed by atoms with E-state index in [1.807, 2.05) is 24.3 Å². The number of ether oxygens (including phenoxy) is 2. The lowest BCUT2D eigenvalue weighted by Crippen LogP contribution is -2.48. The van der Waals surface area contributed by atoms with Gasteiger partial charge in [-0.05, 0) is 38.5 Å². The molecule has 1 aromatic rings. The molecule has 1 aliphatic heterocycles. The number of hydrogen-bond donors (Lipinski definition) is 1. The van der Waals surface area contributed by atoms with Gasteiger partial charge in [0.2, 0.25) is 0 Å². The van der Waals surface area contributed by atoms with Crippen LogP contribution in [0.1, 0.15) is 39.2 Å². The maximum Gasteiger partial charge on any atom is 0.408 e. The van der Waals surface area contributed by atoms with Crippen LogP contribution in [-0.2, 0) is 29.7 Å². The molecule has 1 N–H and O–H groups in total. The van der Waals surface area contributed by atoms with Crippen LogP contribution in [0.25, 0.3) is 0 Å². The number of nitrogens with zero attached hydrogens (tertiary/aromatic N) is 1. The Labute approximate surface area is 179 Å². The molecule has 164 valence electrons. The third kappa shape index (κ3) is 7.25. The van der Waals surface area contributed by atoms with Crippen molar-refractivity contribution in [1.82, 2.24) is 10.4 Å². The molecule has 1 aliphatic rings. The third-order valence-corrected chi connectivity index (χ3v) is 4.98. The minimum atomic E-state index is -1.11. The zero-order valence-electron chi connectivity index (χ0n) is 17.4. The molecule has 1 saturated heterocycles. The van der Waals surface area contributed by atoms with E-state index in [2.05, 4.69) is 5.32 Å². The van der Waals surface area contributed by atoms with Gasteiger partial charge in [0.1, 0.15) is 17.4 Å². The van der Waals surface area contributed by atoms with Crippen LogP contribution in [-0.4, -0.2) is 53.4 Å². The highest BCUT2D eigenvalue weighted by Crippen LogP contribution is 2.19. The number of carbonyl (C=O) groups is 4. The molecule has 0 bridgehead atoms. The van der Waals surface area contributed by atoms with E-state index in [9.17, 15) is 19.2 Å². The fraction of sp³-hybridized carbons (Fsp3) is 0.500. The number of alkyl carbamates (subject to hydrolysis) is 1. The first kappa shape index (κ1) is 23.5. The predicted molar refractivity (Wildman–Crippen MR) is 109 cm³/mol. The summed E-state index contributed by atoms with van der Waals surface area (Å²) in [6, 6.07) is 6.32. The lowest BCUT2D eigenvalue weighted by Gasteiger charge is -2.23. The fourth-order valence-electron chi connectivity index (χ4n) is 2.45. The van der Waals surface area contributed by atoms with Gasteiger partial charge in [-0.15, -0.1) is 5.06 Å². The number of rotatable bonds is 8. The van der Waals surface area contributed by atoms with Crippen molar-refractivity contribution < 1.29 is 33.5 Å². The number of imide groups is 1. The van der Waals surface area contributed by atoms with Crippen LogP contribution in [0.2, 0.25) is 0 Å². The van der Waals surface area contributed by atoms with Gasteiger partial charge in [0.25, 0.3) is 11.8 Å². The molecule has 9 nitrogen and oxygen atoms in total. The van der Waals surface area contributed by atoms with E-state index in [1.54, 1.807) is 27.9 Å². The van der Waals surface area contributed by atoms with Gasteiger partial charge in [0.15, 0.2) is 0 Å². The zero-order chi connectivity index (χ0) is 22.3. The summed E-state index contributed by atoms with van der Waals surface area (Å²) in [6.45, 7) is 5.08. The molecular weight excluding hydrogens is 412 g/mol. The summed E-state index contributed by atoms with van der Waals surface area (Å²) in [5.74, 6) is -0.639. The number of nitrogens with one attached hydrogen (secondary N) is 1. The van der Waals surface area contributed by atoms with Crippen molar-refractivity contribution in [1.29, 1.82) is 0 Å². The molecule has 1 fully saturated rings. The third-order valence-electron chi connectivity index (χ3n) is 3.87. The maximum atomic E-state index is 12.5. The Kier molecular flexibility index (Phi) is 8.10. The first-order valence-corrected chi connectivity index (χ1v) is 10.5. The van der Waals surface area contributed by atoms with E-state index in [0.717, 1.165) is 11.3 Å². The second-order valence-electron chi connectivity index (χ2n) is 7.55. The number of carbonyl (C=O) groups excluding carboxylic acids is 4. The summed E-state index contributed by atoms with van der Waals surface area (Å²) in [4.78, 5) is 53.0. The van der Waals surface area contributed by atoms with Gasteiger partial charge in [0, 0.05) is 24.3 Å². The quantitative estimate of drug-likeness (QED) is 0.616. The highest BCUT2D eigenvalue weighted by atomic mass is 32.2. The van der Waals surface area contributed by atoms with Crippen LogP contribution in [0.4, 0.5) is 4.79 Å². The molecule has 0 aromatic heterocycles. The largest absolute Gasteiger partial charge is 0.497 e. The van der Waals surface area contributed by atoms with Crippen molar-refractivity contribution in [2.24, 2.45) is 0 Å². The Morgan fingerprint density at radius 2 is 1.73 bits per heavy atom. The lowest BCUT2D eigenvalue weighted by molar-refractivity contribution is -0.198. The van der Waals surface area contributed by atoms with Gasteiger partial charge in [0.05, 0.1) is 7.11 Å². The van der Waals surface area contributed by atoms with E-state index >= 15 is 0 Å². The van der Waals surface area contributed by atoms with E-state index in [-0.39, 0.29) is 18.6 Å². The number of thioether (sulfide) groups is 1. The number of amides is 3. The van der Waals surface area contributed by atoms with Crippen molar-refractivity contribution in [3.63, 3.8) is 0 Å². The highest BCUT2D eigenvalue weighted by molar-refractivity contribution is 7.98. The summed E-state index contributed by atoms with van der Waals surface area (Å²) < 4.78 is 10.3. The topological polar surface area (TPSA) is 111 Å². The van der Waals surface area contributed by atoms with Crippen LogP contribution in [0, 0.1) is 0 Å². The molecule has 0 unspecified atom stereocenters. The first-order chi connectivity index (χ1) is 14.1. The standard InChI is InChI=1S/C20H26N2O7S/c1-20(2,3)28-19(26)21-15(18(25)29-22-16(23)9-10-17(22)24)12-30-11-13-5-7-14(27-4)8-6-13/h5-8,15H,9-12H2,1-4H3,(H,21,26)/t15-/m1/s1. The van der Waals surface area contributed by atoms with Crippen LogP contribution in [0.5, 0.6) is 5.75 Å². The van der Waals surface area contributed by atoms with Crippen LogP contribution in [0.15, 0.2) is 24.3 Å². The van der Waals surface area contributed by atoms with Crippen LogP contribution in [0.3, 0.4) is 0 Å². The number of hydroxylamine groups is 2. The molecule has 1 aromatic carbocycles. The summed E-state index contributed by atoms with van der Waals surface area (Å²) in [5, 5.41) is 2.91. The molecule has 0 spiro atoms. The summed E-state index contributed by atoms with van der Waals surface area (Å²) in [7, 11) is 1.58. The predicted octanol–water partition coefficient (Wildman–Crippen LogP) is 2.43. The molecule has 0 radical (unpaired) electrons. The van der Waals surface area contributed by atoms with E-state index in [4.69, 9.17) is 14.3 Å². The van der Waals surface area contributed by atoms with Gasteiger partial charge < -0.3 is 19.6 Å². The summed E-state index contributed by atoms with van der Waals surface area (Å²) in [6.07, 6.45) is -0.820. The Morgan fingerprint density at radius 1 is 1.13 bits per heavy atom. The van der Waals surface area contributed by atoms with E-state index < -0.39 is 35.5 Å². The Morgan fingerprint density at radius 3 is 2.27 bits per heavy atom. The van der Waals surface area contributed by atoms with Crippen LogP contribution < -0.4 is 10.1 Å². The van der Waals surface area contributed by atoms with Crippen molar-refractivity contribution in [3.05, 3.63) is 29.8 Å². The van der Waals surface area contributed by atoms with Crippen molar-refractivity contribution in [3.8, 4) is 5.75 Å². The monoisotopic (exact) mass is 438 g/mol. The molecule has 3 amide bonds. The average molecular weight is 439 g/mol. The SMILES string of the molecule is COc1ccc(CSC[C@@H](NC(=O)OC(C)(C)C)C(=O)ON2C(=O)CCC2=O)cc1. The highest BCUT2D eigenvalue weighted by Gasteiger charge is 2.35. The van der Waals surface area contributed by atoms with Gasteiger partial charge in [-0.2, -0.15) is 11.8 Å². The molecule has 1 atom stereocenters. The minimum absolute atomic E-state index is 0.0114.